The van der Waals surface area contributed by atoms with E-state index < -0.39 is 0 Å². The van der Waals surface area contributed by atoms with E-state index in [1.165, 1.54) is 38.6 Å². The number of hydrogen-bond donors (Lipinski definition) is 2. The number of carbonyl (C=O) groups excluding carboxylic acids is 1. The number of aryl methyl sites for hydroxylation is 1. The Labute approximate surface area is 216 Å². The predicted molar refractivity (Wildman–Crippen MR) is 150 cm³/mol. The molecule has 1 atom stereocenters. The number of aliphatic imine (C=N–C) groups is 1. The van der Waals surface area contributed by atoms with Gasteiger partial charge in [-0.15, -0.1) is 0 Å². The molecule has 2 aliphatic rings. The molecule has 3 N–H and O–H groups in total. The zero-order valence-electron chi connectivity index (χ0n) is 22.0. The zero-order chi connectivity index (χ0) is 25.7. The molecule has 0 radical (unpaired) electrons. The first-order chi connectivity index (χ1) is 17.4. The van der Waals surface area contributed by atoms with E-state index in [1.54, 1.807) is 20.4 Å². The van der Waals surface area contributed by atoms with Crippen molar-refractivity contribution >= 4 is 23.4 Å². The molecular formula is C29H41N5O2. The standard InChI is InChI=1S/C29H39N5O2.H2/c1-20-8-9-25(34-18-26(19-34)33-10-6-5-7-11-33)15-28(20)29(35)32-21(2)22-12-23(14-27(13-22)36-4)24(16-30)17-31-3;/h8-9,12-17,21,26H,5-7,10-11,18-19,30H2,1-4H3,(H,32,35);1H/b24-16+,31-17?;/t21-;/m1./s1. The average molecular weight is 492 g/mol. The van der Waals surface area contributed by atoms with Crippen molar-refractivity contribution in [1.82, 2.24) is 10.2 Å². The maximum absolute atomic E-state index is 13.4. The summed E-state index contributed by atoms with van der Waals surface area (Å²) in [4.78, 5) is 22.4. The van der Waals surface area contributed by atoms with Crippen molar-refractivity contribution in [1.29, 1.82) is 0 Å². The van der Waals surface area contributed by atoms with E-state index in [2.05, 4.69) is 32.2 Å². The number of allylic oxidation sites excluding steroid dienone is 1. The fourth-order valence-corrected chi connectivity index (χ4v) is 5.10. The summed E-state index contributed by atoms with van der Waals surface area (Å²) < 4.78 is 5.51. The van der Waals surface area contributed by atoms with Crippen LogP contribution in [-0.4, -0.2) is 63.4 Å². The molecule has 0 spiro atoms. The number of likely N-dealkylation sites (tertiary alicyclic amines) is 1. The minimum Gasteiger partial charge on any atom is -0.497 e. The van der Waals surface area contributed by atoms with Crippen molar-refractivity contribution < 1.29 is 11.0 Å². The summed E-state index contributed by atoms with van der Waals surface area (Å²) >= 11 is 0. The lowest BCUT2D eigenvalue weighted by Gasteiger charge is -2.48. The molecule has 194 valence electrons. The first-order valence-corrected chi connectivity index (χ1v) is 12.9. The van der Waals surface area contributed by atoms with Crippen LogP contribution in [0.3, 0.4) is 0 Å². The van der Waals surface area contributed by atoms with Crippen LogP contribution in [0.5, 0.6) is 5.75 Å². The highest BCUT2D eigenvalue weighted by Gasteiger charge is 2.32. The van der Waals surface area contributed by atoms with Gasteiger partial charge in [0, 0.05) is 56.8 Å². The van der Waals surface area contributed by atoms with Gasteiger partial charge in [-0.05, 0) is 86.8 Å². The average Bonchev–Trinajstić information content (AvgIpc) is 2.87. The van der Waals surface area contributed by atoms with Crippen LogP contribution in [0.1, 0.15) is 60.7 Å². The molecule has 1 amide bonds. The Kier molecular flexibility index (Phi) is 8.31. The van der Waals surface area contributed by atoms with Gasteiger partial charge in [0.25, 0.3) is 5.91 Å². The second-order valence-corrected chi connectivity index (χ2v) is 9.85. The Morgan fingerprint density at radius 1 is 1.19 bits per heavy atom. The van der Waals surface area contributed by atoms with Crippen LogP contribution in [0.2, 0.25) is 0 Å². The number of piperidine rings is 1. The fraction of sp³-hybridized carbons (Fsp3) is 0.448. The van der Waals surface area contributed by atoms with Gasteiger partial charge in [-0.3, -0.25) is 14.7 Å². The van der Waals surface area contributed by atoms with Gasteiger partial charge < -0.3 is 20.7 Å². The third kappa shape index (κ3) is 5.73. The first kappa shape index (κ1) is 25.8. The van der Waals surface area contributed by atoms with E-state index in [9.17, 15) is 4.79 Å². The van der Waals surface area contributed by atoms with E-state index in [0.29, 0.717) is 17.4 Å². The minimum atomic E-state index is -0.223. The molecule has 2 fully saturated rings. The van der Waals surface area contributed by atoms with Gasteiger partial charge in [0.2, 0.25) is 0 Å². The summed E-state index contributed by atoms with van der Waals surface area (Å²) in [6, 6.07) is 12.5. The van der Waals surface area contributed by atoms with E-state index in [1.807, 2.05) is 38.1 Å². The molecule has 7 nitrogen and oxygen atoms in total. The molecule has 7 heteroatoms. The van der Waals surface area contributed by atoms with E-state index in [4.69, 9.17) is 10.5 Å². The Bertz CT molecular complexity index is 1140. The summed E-state index contributed by atoms with van der Waals surface area (Å²) in [5.74, 6) is 0.621. The molecule has 2 aromatic rings. The smallest absolute Gasteiger partial charge is 0.252 e. The van der Waals surface area contributed by atoms with Crippen LogP contribution in [0.15, 0.2) is 47.6 Å². The second-order valence-electron chi connectivity index (χ2n) is 9.85. The molecular weight excluding hydrogens is 450 g/mol. The largest absolute Gasteiger partial charge is 0.497 e. The third-order valence-electron chi connectivity index (χ3n) is 7.39. The highest BCUT2D eigenvalue weighted by molar-refractivity contribution is 6.09. The summed E-state index contributed by atoms with van der Waals surface area (Å²) in [5, 5.41) is 3.18. The third-order valence-corrected chi connectivity index (χ3v) is 7.39. The lowest BCUT2D eigenvalue weighted by Crippen LogP contribution is -2.60. The van der Waals surface area contributed by atoms with Crippen LogP contribution >= 0.6 is 0 Å². The van der Waals surface area contributed by atoms with Gasteiger partial charge in [0.1, 0.15) is 5.75 Å². The van der Waals surface area contributed by atoms with Gasteiger partial charge in [-0.2, -0.15) is 0 Å². The SMILES string of the molecule is CN=C/C(=C\N)c1cc(OC)cc([C@@H](C)NC(=O)c2cc(N3CC(N4CCCCC4)C3)ccc2C)c1.[HH]. The van der Waals surface area contributed by atoms with Gasteiger partial charge in [0.05, 0.1) is 13.2 Å². The quantitative estimate of drug-likeness (QED) is 0.535. The lowest BCUT2D eigenvalue weighted by atomic mass is 9.98. The van der Waals surface area contributed by atoms with Crippen molar-refractivity contribution in [3.8, 4) is 5.75 Å². The van der Waals surface area contributed by atoms with Crippen LogP contribution in [0.4, 0.5) is 5.69 Å². The molecule has 2 saturated heterocycles. The van der Waals surface area contributed by atoms with Crippen LogP contribution in [-0.2, 0) is 0 Å². The number of rotatable bonds is 8. The maximum atomic E-state index is 13.4. The minimum absolute atomic E-state index is 0. The van der Waals surface area contributed by atoms with Gasteiger partial charge >= 0.3 is 0 Å². The van der Waals surface area contributed by atoms with Crippen molar-refractivity contribution in [2.75, 3.05) is 45.2 Å². The molecule has 0 saturated carbocycles. The molecule has 0 bridgehead atoms. The second kappa shape index (κ2) is 11.6. The molecule has 2 aromatic carbocycles. The molecule has 36 heavy (non-hydrogen) atoms. The molecule has 0 aromatic heterocycles. The summed E-state index contributed by atoms with van der Waals surface area (Å²) in [6.45, 7) is 8.47. The van der Waals surface area contributed by atoms with E-state index in [0.717, 1.165) is 41.0 Å². The van der Waals surface area contributed by atoms with E-state index >= 15 is 0 Å². The lowest BCUT2D eigenvalue weighted by molar-refractivity contribution is 0.0939. The van der Waals surface area contributed by atoms with Crippen molar-refractivity contribution in [2.24, 2.45) is 10.7 Å². The molecule has 4 rings (SSSR count). The highest BCUT2D eigenvalue weighted by Crippen LogP contribution is 2.29. The molecule has 0 aliphatic carbocycles. The monoisotopic (exact) mass is 491 g/mol. The number of ether oxygens (including phenoxy) is 1. The number of carbonyl (C=O) groups is 1. The van der Waals surface area contributed by atoms with Crippen molar-refractivity contribution in [3.63, 3.8) is 0 Å². The van der Waals surface area contributed by atoms with Gasteiger partial charge in [-0.1, -0.05) is 12.5 Å². The Morgan fingerprint density at radius 3 is 2.61 bits per heavy atom. The number of hydrogen-bond acceptors (Lipinski definition) is 6. The fourth-order valence-electron chi connectivity index (χ4n) is 5.10. The number of nitrogens with one attached hydrogen (secondary N) is 1. The topological polar surface area (TPSA) is 83.2 Å². The Balaban J connectivity index is 0.00000380. The number of methoxy groups -OCH3 is 1. The van der Waals surface area contributed by atoms with Crippen LogP contribution in [0.25, 0.3) is 5.57 Å². The predicted octanol–water partition coefficient (Wildman–Crippen LogP) is 4.42. The Hall–Kier alpha value is -3.32. The highest BCUT2D eigenvalue weighted by atomic mass is 16.5. The molecule has 2 heterocycles. The number of benzene rings is 2. The number of nitrogens with two attached hydrogens (primary N) is 1. The number of anilines is 1. The van der Waals surface area contributed by atoms with Crippen molar-refractivity contribution in [2.45, 2.75) is 45.2 Å². The van der Waals surface area contributed by atoms with Crippen LogP contribution in [0, 0.1) is 6.92 Å². The number of nitrogens with zero attached hydrogens (tertiary/aromatic N) is 3. The summed E-state index contributed by atoms with van der Waals surface area (Å²) in [7, 11) is 3.34. The Morgan fingerprint density at radius 2 is 1.94 bits per heavy atom. The normalized spacial score (nSPS) is 18.2. The molecule has 2 aliphatic heterocycles. The van der Waals surface area contributed by atoms with Gasteiger partial charge in [0.15, 0.2) is 0 Å². The van der Waals surface area contributed by atoms with Crippen molar-refractivity contribution in [3.05, 3.63) is 64.9 Å². The van der Waals surface area contributed by atoms with Crippen LogP contribution < -0.4 is 20.7 Å². The zero-order valence-corrected chi connectivity index (χ0v) is 22.0. The summed E-state index contributed by atoms with van der Waals surface area (Å²) in [5.41, 5.74) is 11.2. The van der Waals surface area contributed by atoms with E-state index in [-0.39, 0.29) is 13.4 Å². The van der Waals surface area contributed by atoms with Gasteiger partial charge in [-0.25, -0.2) is 0 Å². The summed E-state index contributed by atoms with van der Waals surface area (Å²) in [6.07, 6.45) is 7.22. The number of amides is 1. The maximum Gasteiger partial charge on any atom is 0.252 e. The molecule has 0 unspecified atom stereocenters. The first-order valence-electron chi connectivity index (χ1n) is 12.9.